The van der Waals surface area contributed by atoms with Crippen LogP contribution in [0, 0.1) is 6.92 Å². The number of hydrogen-bond donors (Lipinski definition) is 0. The smallest absolute Gasteiger partial charge is 0.272 e. The summed E-state index contributed by atoms with van der Waals surface area (Å²) < 4.78 is 0. The molecule has 1 amide bonds. The van der Waals surface area contributed by atoms with E-state index in [1.165, 1.54) is 11.1 Å². The van der Waals surface area contributed by atoms with Crippen molar-refractivity contribution in [3.63, 3.8) is 0 Å². The standard InChI is InChI=1S/C22H22N2O/c1-16-8-10-17(11-9-16)15-19-6-4-14-24(19)22(25)21-13-12-18-5-2-3-7-20(18)23-21/h2-3,5,7-13,19H,4,6,14-15H2,1H3. The lowest BCUT2D eigenvalue weighted by atomic mass is 10.0. The SMILES string of the molecule is Cc1ccc(CC2CCCN2C(=O)c2ccc3ccccc3n2)cc1. The zero-order valence-corrected chi connectivity index (χ0v) is 14.5. The lowest BCUT2D eigenvalue weighted by Crippen LogP contribution is -2.37. The van der Waals surface area contributed by atoms with Crippen LogP contribution in [0.5, 0.6) is 0 Å². The molecule has 2 aromatic carbocycles. The van der Waals surface area contributed by atoms with Gasteiger partial charge in [-0.05, 0) is 43.9 Å². The molecule has 126 valence electrons. The molecule has 3 heteroatoms. The van der Waals surface area contributed by atoms with Gasteiger partial charge in [-0.15, -0.1) is 0 Å². The molecule has 1 atom stereocenters. The quantitative estimate of drug-likeness (QED) is 0.713. The summed E-state index contributed by atoms with van der Waals surface area (Å²) in [5.74, 6) is 0.0559. The van der Waals surface area contributed by atoms with E-state index in [1.807, 2.05) is 41.3 Å². The highest BCUT2D eigenvalue weighted by Gasteiger charge is 2.30. The minimum atomic E-state index is 0.0559. The van der Waals surface area contributed by atoms with Crippen molar-refractivity contribution >= 4 is 16.8 Å². The minimum Gasteiger partial charge on any atom is -0.334 e. The van der Waals surface area contributed by atoms with E-state index in [9.17, 15) is 4.79 Å². The van der Waals surface area contributed by atoms with E-state index in [1.54, 1.807) is 0 Å². The lowest BCUT2D eigenvalue weighted by molar-refractivity contribution is 0.0731. The number of benzene rings is 2. The number of amides is 1. The predicted octanol–water partition coefficient (Wildman–Crippen LogP) is 4.39. The van der Waals surface area contributed by atoms with Gasteiger partial charge in [-0.3, -0.25) is 4.79 Å². The van der Waals surface area contributed by atoms with Crippen LogP contribution in [0.3, 0.4) is 0 Å². The van der Waals surface area contributed by atoms with Crippen molar-refractivity contribution in [1.29, 1.82) is 0 Å². The molecule has 3 nitrogen and oxygen atoms in total. The molecule has 1 unspecified atom stereocenters. The van der Waals surface area contributed by atoms with Crippen molar-refractivity contribution in [1.82, 2.24) is 9.88 Å². The second-order valence-corrected chi connectivity index (χ2v) is 6.87. The zero-order chi connectivity index (χ0) is 17.2. The van der Waals surface area contributed by atoms with Crippen molar-refractivity contribution in [3.8, 4) is 0 Å². The fraction of sp³-hybridized carbons (Fsp3) is 0.273. The molecular weight excluding hydrogens is 308 g/mol. The Hall–Kier alpha value is -2.68. The number of rotatable bonds is 3. The Morgan fingerprint density at radius 1 is 1.08 bits per heavy atom. The highest BCUT2D eigenvalue weighted by molar-refractivity contribution is 5.95. The molecule has 0 radical (unpaired) electrons. The van der Waals surface area contributed by atoms with E-state index in [0.717, 1.165) is 36.7 Å². The number of likely N-dealkylation sites (tertiary alicyclic amines) is 1. The summed E-state index contributed by atoms with van der Waals surface area (Å²) in [6, 6.07) is 20.7. The van der Waals surface area contributed by atoms with E-state index in [-0.39, 0.29) is 11.9 Å². The number of pyridine rings is 1. The number of fused-ring (bicyclic) bond motifs is 1. The summed E-state index contributed by atoms with van der Waals surface area (Å²) in [7, 11) is 0. The molecule has 1 aliphatic heterocycles. The van der Waals surface area contributed by atoms with Crippen LogP contribution in [-0.4, -0.2) is 28.4 Å². The van der Waals surface area contributed by atoms with E-state index in [4.69, 9.17) is 0 Å². The van der Waals surface area contributed by atoms with Crippen molar-refractivity contribution in [2.24, 2.45) is 0 Å². The van der Waals surface area contributed by atoms with Gasteiger partial charge in [-0.25, -0.2) is 4.98 Å². The Morgan fingerprint density at radius 2 is 1.88 bits per heavy atom. The van der Waals surface area contributed by atoms with Gasteiger partial charge in [0.05, 0.1) is 5.52 Å². The number of carbonyl (C=O) groups excluding carboxylic acids is 1. The molecule has 1 aromatic heterocycles. The molecule has 3 aromatic rings. The predicted molar refractivity (Wildman–Crippen MR) is 101 cm³/mol. The van der Waals surface area contributed by atoms with Crippen LogP contribution in [-0.2, 0) is 6.42 Å². The number of aromatic nitrogens is 1. The Morgan fingerprint density at radius 3 is 2.72 bits per heavy atom. The fourth-order valence-electron chi connectivity index (χ4n) is 3.64. The Bertz CT molecular complexity index is 901. The van der Waals surface area contributed by atoms with Crippen LogP contribution in [0.1, 0.15) is 34.5 Å². The minimum absolute atomic E-state index is 0.0559. The van der Waals surface area contributed by atoms with Gasteiger partial charge in [0.25, 0.3) is 5.91 Å². The highest BCUT2D eigenvalue weighted by atomic mass is 16.2. The number of carbonyl (C=O) groups is 1. The molecule has 25 heavy (non-hydrogen) atoms. The number of hydrogen-bond acceptors (Lipinski definition) is 2. The Labute approximate surface area is 148 Å². The highest BCUT2D eigenvalue weighted by Crippen LogP contribution is 2.24. The molecule has 4 rings (SSSR count). The second-order valence-electron chi connectivity index (χ2n) is 6.87. The maximum Gasteiger partial charge on any atom is 0.272 e. The van der Waals surface area contributed by atoms with Crippen LogP contribution in [0.15, 0.2) is 60.7 Å². The topological polar surface area (TPSA) is 33.2 Å². The van der Waals surface area contributed by atoms with Crippen LogP contribution in [0.25, 0.3) is 10.9 Å². The van der Waals surface area contributed by atoms with Gasteiger partial charge in [0.2, 0.25) is 0 Å². The van der Waals surface area contributed by atoms with E-state index in [0.29, 0.717) is 5.69 Å². The molecule has 1 saturated heterocycles. The van der Waals surface area contributed by atoms with Gasteiger partial charge in [0.15, 0.2) is 0 Å². The molecule has 2 heterocycles. The first kappa shape index (κ1) is 15.8. The van der Waals surface area contributed by atoms with Gasteiger partial charge >= 0.3 is 0 Å². The molecule has 1 aliphatic rings. The maximum absolute atomic E-state index is 13.0. The average Bonchev–Trinajstić information content (AvgIpc) is 3.10. The molecule has 0 bridgehead atoms. The van der Waals surface area contributed by atoms with E-state index in [2.05, 4.69) is 36.2 Å². The van der Waals surface area contributed by atoms with Crippen LogP contribution in [0.2, 0.25) is 0 Å². The van der Waals surface area contributed by atoms with Crippen LogP contribution < -0.4 is 0 Å². The summed E-state index contributed by atoms with van der Waals surface area (Å²) >= 11 is 0. The average molecular weight is 330 g/mol. The van der Waals surface area contributed by atoms with Gasteiger partial charge < -0.3 is 4.90 Å². The van der Waals surface area contributed by atoms with Gasteiger partial charge in [0.1, 0.15) is 5.69 Å². The summed E-state index contributed by atoms with van der Waals surface area (Å²) in [5.41, 5.74) is 3.99. The van der Waals surface area contributed by atoms with E-state index < -0.39 is 0 Å². The summed E-state index contributed by atoms with van der Waals surface area (Å²) in [5, 5.41) is 1.07. The molecule has 1 fully saturated rings. The summed E-state index contributed by atoms with van der Waals surface area (Å²) in [6.45, 7) is 2.92. The fourth-order valence-corrected chi connectivity index (χ4v) is 3.64. The third kappa shape index (κ3) is 3.27. The van der Waals surface area contributed by atoms with Gasteiger partial charge in [-0.1, -0.05) is 54.1 Å². The number of aryl methyl sites for hydroxylation is 1. The van der Waals surface area contributed by atoms with Crippen LogP contribution in [0.4, 0.5) is 0 Å². The largest absolute Gasteiger partial charge is 0.334 e. The molecular formula is C22H22N2O. The van der Waals surface area contributed by atoms with Crippen molar-refractivity contribution in [2.45, 2.75) is 32.2 Å². The van der Waals surface area contributed by atoms with Crippen molar-refractivity contribution in [3.05, 3.63) is 77.5 Å². The zero-order valence-electron chi connectivity index (χ0n) is 14.5. The monoisotopic (exact) mass is 330 g/mol. The van der Waals surface area contributed by atoms with Crippen molar-refractivity contribution < 1.29 is 4.79 Å². The lowest BCUT2D eigenvalue weighted by Gasteiger charge is -2.24. The third-order valence-corrected chi connectivity index (χ3v) is 5.05. The second kappa shape index (κ2) is 6.67. The molecule has 0 saturated carbocycles. The van der Waals surface area contributed by atoms with Crippen molar-refractivity contribution in [2.75, 3.05) is 6.54 Å². The summed E-state index contributed by atoms with van der Waals surface area (Å²) in [4.78, 5) is 19.6. The molecule has 0 N–H and O–H groups in total. The number of para-hydroxylation sites is 1. The normalized spacial score (nSPS) is 17.2. The molecule has 0 spiro atoms. The molecule has 0 aliphatic carbocycles. The first-order valence-electron chi connectivity index (χ1n) is 8.93. The first-order valence-corrected chi connectivity index (χ1v) is 8.93. The summed E-state index contributed by atoms with van der Waals surface area (Å²) in [6.07, 6.45) is 3.04. The van der Waals surface area contributed by atoms with Crippen LogP contribution >= 0.6 is 0 Å². The van der Waals surface area contributed by atoms with Gasteiger partial charge in [0, 0.05) is 18.0 Å². The maximum atomic E-state index is 13.0. The first-order chi connectivity index (χ1) is 12.2. The Balaban J connectivity index is 1.55. The Kier molecular flexibility index (Phi) is 4.22. The third-order valence-electron chi connectivity index (χ3n) is 5.05. The number of nitrogens with zero attached hydrogens (tertiary/aromatic N) is 2. The van der Waals surface area contributed by atoms with Gasteiger partial charge in [-0.2, -0.15) is 0 Å². The van der Waals surface area contributed by atoms with E-state index >= 15 is 0 Å².